The summed E-state index contributed by atoms with van der Waals surface area (Å²) in [5, 5.41) is 3.48. The van der Waals surface area contributed by atoms with Crippen LogP contribution >= 0.6 is 15.9 Å². The Kier molecular flexibility index (Phi) is 3.39. The summed E-state index contributed by atoms with van der Waals surface area (Å²) in [5.41, 5.74) is 7.33. The number of hydrogen-bond donors (Lipinski definition) is 0. The number of alkyl halides is 1. The van der Waals surface area contributed by atoms with Crippen molar-refractivity contribution in [1.82, 2.24) is 0 Å². The van der Waals surface area contributed by atoms with Crippen LogP contribution < -0.4 is 0 Å². The molecule has 10 heavy (non-hydrogen) atoms. The SMILES string of the molecule is CC(C)(CBr)C(=O)N=[N+]=[N-]. The van der Waals surface area contributed by atoms with Gasteiger partial charge in [-0.15, -0.1) is 0 Å². The molecule has 0 radical (unpaired) electrons. The Morgan fingerprint density at radius 2 is 2.30 bits per heavy atom. The number of halogens is 1. The van der Waals surface area contributed by atoms with Crippen molar-refractivity contribution in [3.05, 3.63) is 10.4 Å². The van der Waals surface area contributed by atoms with Crippen LogP contribution in [-0.2, 0) is 4.79 Å². The third kappa shape index (κ3) is 2.37. The Labute approximate surface area is 67.4 Å². The summed E-state index contributed by atoms with van der Waals surface area (Å²) in [6, 6.07) is 0. The van der Waals surface area contributed by atoms with Gasteiger partial charge in [-0.05, 0) is 10.6 Å². The van der Waals surface area contributed by atoms with Crippen LogP contribution in [0.5, 0.6) is 0 Å². The van der Waals surface area contributed by atoms with E-state index in [-0.39, 0.29) is 0 Å². The highest BCUT2D eigenvalue weighted by molar-refractivity contribution is 9.09. The summed E-state index contributed by atoms with van der Waals surface area (Å²) < 4.78 is 0. The summed E-state index contributed by atoms with van der Waals surface area (Å²) in [6.45, 7) is 3.41. The summed E-state index contributed by atoms with van der Waals surface area (Å²) in [7, 11) is 0. The van der Waals surface area contributed by atoms with Gasteiger partial charge in [-0.25, -0.2) is 0 Å². The molecule has 4 nitrogen and oxygen atoms in total. The van der Waals surface area contributed by atoms with Crippen LogP contribution in [0.15, 0.2) is 5.11 Å². The van der Waals surface area contributed by atoms with Crippen molar-refractivity contribution in [2.45, 2.75) is 13.8 Å². The summed E-state index contributed by atoms with van der Waals surface area (Å²) >= 11 is 3.14. The molecule has 0 fully saturated rings. The fourth-order valence-electron chi connectivity index (χ4n) is 0.233. The van der Waals surface area contributed by atoms with Crippen LogP contribution in [0.3, 0.4) is 0 Å². The van der Waals surface area contributed by atoms with Gasteiger partial charge >= 0.3 is 0 Å². The second kappa shape index (κ2) is 3.58. The monoisotopic (exact) mass is 205 g/mol. The molecule has 0 spiro atoms. The summed E-state index contributed by atoms with van der Waals surface area (Å²) in [4.78, 5) is 13.2. The van der Waals surface area contributed by atoms with E-state index in [4.69, 9.17) is 5.53 Å². The lowest BCUT2D eigenvalue weighted by Crippen LogP contribution is -2.23. The van der Waals surface area contributed by atoms with Crippen LogP contribution in [0.4, 0.5) is 0 Å². The molecule has 0 N–H and O–H groups in total. The smallest absolute Gasteiger partial charge is 0.225 e. The molecule has 1 amide bonds. The van der Waals surface area contributed by atoms with E-state index in [2.05, 4.69) is 26.0 Å². The molecule has 0 bridgehead atoms. The molecular weight excluding hydrogens is 198 g/mol. The molecule has 0 aliphatic carbocycles. The van der Waals surface area contributed by atoms with Crippen molar-refractivity contribution in [3.63, 3.8) is 0 Å². The van der Waals surface area contributed by atoms with Gasteiger partial charge < -0.3 is 0 Å². The Morgan fingerprint density at radius 1 is 1.80 bits per heavy atom. The standard InChI is InChI=1S/C5H8BrN3O/c1-5(2,3-6)4(10)8-9-7/h3H2,1-2H3. The van der Waals surface area contributed by atoms with Crippen LogP contribution in [0, 0.1) is 5.41 Å². The zero-order chi connectivity index (χ0) is 8.20. The first-order valence-corrected chi connectivity index (χ1v) is 3.82. The number of hydrogen-bond acceptors (Lipinski definition) is 1. The Hall–Kier alpha value is -0.540. The molecule has 0 aliphatic heterocycles. The summed E-state index contributed by atoms with van der Waals surface area (Å²) in [5.74, 6) is -0.438. The molecule has 0 aromatic rings. The van der Waals surface area contributed by atoms with Crippen LogP contribution in [0.25, 0.3) is 10.4 Å². The third-order valence-corrected chi connectivity index (χ3v) is 2.45. The van der Waals surface area contributed by atoms with E-state index in [0.717, 1.165) is 0 Å². The van der Waals surface area contributed by atoms with E-state index in [0.29, 0.717) is 5.33 Å². The maximum absolute atomic E-state index is 10.8. The van der Waals surface area contributed by atoms with E-state index in [9.17, 15) is 4.79 Å². The molecule has 0 heterocycles. The number of amides is 1. The molecule has 0 aliphatic rings. The van der Waals surface area contributed by atoms with Crippen molar-refractivity contribution >= 4 is 21.8 Å². The molecule has 0 unspecified atom stereocenters. The van der Waals surface area contributed by atoms with Crippen LogP contribution in [0.2, 0.25) is 0 Å². The fraction of sp³-hybridized carbons (Fsp3) is 0.800. The van der Waals surface area contributed by atoms with Crippen molar-refractivity contribution in [2.75, 3.05) is 5.33 Å². The Bertz CT molecular complexity index is 183. The number of nitrogens with zero attached hydrogens (tertiary/aromatic N) is 3. The Morgan fingerprint density at radius 3 is 2.60 bits per heavy atom. The van der Waals surface area contributed by atoms with Crippen molar-refractivity contribution in [2.24, 2.45) is 10.5 Å². The average Bonchev–Trinajstić information content (AvgIpc) is 1.89. The molecular formula is C5H8BrN3O. The van der Waals surface area contributed by atoms with Gasteiger partial charge in [-0.2, -0.15) is 0 Å². The highest BCUT2D eigenvalue weighted by atomic mass is 79.9. The topological polar surface area (TPSA) is 65.8 Å². The molecule has 0 rings (SSSR count). The van der Waals surface area contributed by atoms with Gasteiger partial charge in [0.2, 0.25) is 5.91 Å². The van der Waals surface area contributed by atoms with Gasteiger partial charge in [0.1, 0.15) is 0 Å². The van der Waals surface area contributed by atoms with E-state index in [1.807, 2.05) is 0 Å². The maximum atomic E-state index is 10.8. The highest BCUT2D eigenvalue weighted by Gasteiger charge is 2.24. The number of carbonyl (C=O) groups is 1. The van der Waals surface area contributed by atoms with Gasteiger partial charge in [-0.1, -0.05) is 29.8 Å². The predicted octanol–water partition coefficient (Wildman–Crippen LogP) is 2.24. The lowest BCUT2D eigenvalue weighted by molar-refractivity contribution is -0.124. The van der Waals surface area contributed by atoms with Crippen LogP contribution in [0.1, 0.15) is 13.8 Å². The second-order valence-electron chi connectivity index (χ2n) is 2.51. The molecule has 0 aromatic carbocycles. The minimum atomic E-state index is -0.591. The first kappa shape index (κ1) is 9.46. The van der Waals surface area contributed by atoms with Gasteiger partial charge in [0, 0.05) is 15.7 Å². The van der Waals surface area contributed by atoms with E-state index < -0.39 is 11.3 Å². The lowest BCUT2D eigenvalue weighted by atomic mass is 9.96. The normalized spacial score (nSPS) is 10.3. The van der Waals surface area contributed by atoms with Gasteiger partial charge in [0.15, 0.2) is 0 Å². The quantitative estimate of drug-likeness (QED) is 0.295. The number of rotatable bonds is 2. The first-order valence-electron chi connectivity index (χ1n) is 2.70. The first-order chi connectivity index (χ1) is 4.54. The van der Waals surface area contributed by atoms with E-state index in [1.165, 1.54) is 0 Å². The van der Waals surface area contributed by atoms with Crippen molar-refractivity contribution in [1.29, 1.82) is 0 Å². The third-order valence-electron chi connectivity index (χ3n) is 1.05. The second-order valence-corrected chi connectivity index (χ2v) is 3.07. The van der Waals surface area contributed by atoms with Gasteiger partial charge in [-0.3, -0.25) is 4.79 Å². The lowest BCUT2D eigenvalue weighted by Gasteiger charge is -2.15. The number of azide groups is 1. The van der Waals surface area contributed by atoms with E-state index in [1.54, 1.807) is 13.8 Å². The van der Waals surface area contributed by atoms with Crippen LogP contribution in [-0.4, -0.2) is 11.2 Å². The molecule has 0 atom stereocenters. The summed E-state index contributed by atoms with van der Waals surface area (Å²) in [6.07, 6.45) is 0. The zero-order valence-electron chi connectivity index (χ0n) is 5.83. The molecule has 5 heteroatoms. The fourth-order valence-corrected chi connectivity index (χ4v) is 0.473. The molecule has 56 valence electrons. The highest BCUT2D eigenvalue weighted by Crippen LogP contribution is 2.19. The van der Waals surface area contributed by atoms with Crippen molar-refractivity contribution < 1.29 is 4.79 Å². The largest absolute Gasteiger partial charge is 0.292 e. The minimum absolute atomic E-state index is 0.438. The minimum Gasteiger partial charge on any atom is -0.292 e. The maximum Gasteiger partial charge on any atom is 0.225 e. The zero-order valence-corrected chi connectivity index (χ0v) is 7.42. The Balaban J connectivity index is 4.32. The van der Waals surface area contributed by atoms with E-state index >= 15 is 0 Å². The predicted molar refractivity (Wildman–Crippen MR) is 41.7 cm³/mol. The number of carbonyl (C=O) groups excluding carboxylic acids is 1. The van der Waals surface area contributed by atoms with Gasteiger partial charge in [0.05, 0.1) is 0 Å². The average molecular weight is 206 g/mol. The molecule has 0 aromatic heterocycles. The van der Waals surface area contributed by atoms with Crippen molar-refractivity contribution in [3.8, 4) is 0 Å². The van der Waals surface area contributed by atoms with Gasteiger partial charge in [0.25, 0.3) is 0 Å². The molecule has 0 saturated carbocycles. The molecule has 0 saturated heterocycles.